The fourth-order valence-corrected chi connectivity index (χ4v) is 4.91. The Kier molecular flexibility index (Phi) is 7.15. The monoisotopic (exact) mass is 512 g/mol. The van der Waals surface area contributed by atoms with Gasteiger partial charge in [-0.3, -0.25) is 9.69 Å². The molecule has 0 spiro atoms. The summed E-state index contributed by atoms with van der Waals surface area (Å²) in [7, 11) is 3.38. The molecule has 3 aromatic carbocycles. The van der Waals surface area contributed by atoms with Gasteiger partial charge in [0.2, 0.25) is 11.7 Å². The van der Waals surface area contributed by atoms with Gasteiger partial charge in [-0.2, -0.15) is 4.98 Å². The minimum atomic E-state index is -0.912. The van der Waals surface area contributed by atoms with E-state index in [9.17, 15) is 14.0 Å². The number of benzene rings is 3. The molecule has 0 saturated carbocycles. The number of aromatic nitrogens is 2. The topological polar surface area (TPSA) is 79.5 Å². The van der Waals surface area contributed by atoms with Crippen molar-refractivity contribution < 1.29 is 18.5 Å². The minimum Gasteiger partial charge on any atom is -0.348 e. The van der Waals surface area contributed by atoms with E-state index < -0.39 is 5.41 Å². The van der Waals surface area contributed by atoms with E-state index in [0.717, 1.165) is 29.5 Å². The molecule has 1 aromatic heterocycles. The molecule has 0 bridgehead atoms. The van der Waals surface area contributed by atoms with Crippen LogP contribution >= 0.6 is 0 Å². The first-order valence-corrected chi connectivity index (χ1v) is 12.6. The molecule has 5 rings (SSSR count). The summed E-state index contributed by atoms with van der Waals surface area (Å²) in [5.41, 5.74) is 2.82. The van der Waals surface area contributed by atoms with Crippen LogP contribution in [-0.2, 0) is 16.1 Å². The number of aldehydes is 1. The Labute approximate surface area is 220 Å². The molecule has 0 unspecified atom stereocenters. The molecule has 7 nitrogen and oxygen atoms in total. The van der Waals surface area contributed by atoms with Crippen LogP contribution in [0.1, 0.15) is 18.4 Å². The van der Waals surface area contributed by atoms with Gasteiger partial charge in [-0.05, 0) is 49.2 Å². The maximum absolute atomic E-state index is 14.8. The number of hydrogen-bond donors (Lipinski definition) is 0. The third kappa shape index (κ3) is 5.13. The summed E-state index contributed by atoms with van der Waals surface area (Å²) in [5.74, 6) is 0.203. The van der Waals surface area contributed by atoms with Gasteiger partial charge in [-0.25, -0.2) is 4.39 Å². The average molecular weight is 513 g/mol. The van der Waals surface area contributed by atoms with E-state index in [1.165, 1.54) is 11.0 Å². The third-order valence-electron chi connectivity index (χ3n) is 7.15. The molecule has 1 saturated heterocycles. The maximum Gasteiger partial charge on any atom is 0.258 e. The van der Waals surface area contributed by atoms with Crippen molar-refractivity contribution in [3.05, 3.63) is 84.2 Å². The zero-order valence-corrected chi connectivity index (χ0v) is 21.4. The molecule has 0 aliphatic carbocycles. The van der Waals surface area contributed by atoms with Crippen molar-refractivity contribution in [3.63, 3.8) is 0 Å². The summed E-state index contributed by atoms with van der Waals surface area (Å²) in [5, 5.41) is 4.09. The van der Waals surface area contributed by atoms with E-state index in [4.69, 9.17) is 4.52 Å². The van der Waals surface area contributed by atoms with Crippen LogP contribution in [0.25, 0.3) is 34.0 Å². The summed E-state index contributed by atoms with van der Waals surface area (Å²) in [6, 6.07) is 22.1. The van der Waals surface area contributed by atoms with Crippen molar-refractivity contribution in [1.82, 2.24) is 19.9 Å². The first kappa shape index (κ1) is 25.5. The number of piperidine rings is 1. The van der Waals surface area contributed by atoms with Crippen LogP contribution in [0.2, 0.25) is 0 Å². The van der Waals surface area contributed by atoms with Crippen molar-refractivity contribution >= 4 is 12.2 Å². The second-order valence-electron chi connectivity index (χ2n) is 9.93. The number of halogens is 1. The molecule has 38 heavy (non-hydrogen) atoms. The van der Waals surface area contributed by atoms with Gasteiger partial charge in [0.25, 0.3) is 5.89 Å². The summed E-state index contributed by atoms with van der Waals surface area (Å²) in [4.78, 5) is 32.5. The van der Waals surface area contributed by atoms with Crippen molar-refractivity contribution in [2.24, 2.45) is 5.41 Å². The lowest BCUT2D eigenvalue weighted by atomic mass is 9.78. The molecule has 0 atom stereocenters. The van der Waals surface area contributed by atoms with E-state index >= 15 is 0 Å². The molecule has 4 aromatic rings. The second kappa shape index (κ2) is 10.7. The van der Waals surface area contributed by atoms with Crippen LogP contribution in [-0.4, -0.2) is 59.3 Å². The lowest BCUT2D eigenvalue weighted by molar-refractivity contribution is -0.146. The molecule has 2 heterocycles. The van der Waals surface area contributed by atoms with Gasteiger partial charge in [0.05, 0.1) is 0 Å². The summed E-state index contributed by atoms with van der Waals surface area (Å²) < 4.78 is 20.2. The van der Waals surface area contributed by atoms with E-state index in [1.807, 2.05) is 54.6 Å². The normalized spacial score (nSPS) is 15.2. The maximum atomic E-state index is 14.8. The largest absolute Gasteiger partial charge is 0.348 e. The number of amides is 1. The molecule has 1 aliphatic rings. The molecular formula is C30H29FN4O3. The fourth-order valence-electron chi connectivity index (χ4n) is 4.91. The Hall–Kier alpha value is -4.17. The van der Waals surface area contributed by atoms with E-state index in [1.54, 1.807) is 26.2 Å². The van der Waals surface area contributed by atoms with Crippen LogP contribution in [0.4, 0.5) is 4.39 Å². The van der Waals surface area contributed by atoms with Gasteiger partial charge in [0, 0.05) is 37.3 Å². The number of hydrogen-bond acceptors (Lipinski definition) is 6. The lowest BCUT2D eigenvalue weighted by Gasteiger charge is -2.38. The van der Waals surface area contributed by atoms with Crippen molar-refractivity contribution in [3.8, 4) is 34.0 Å². The van der Waals surface area contributed by atoms with Gasteiger partial charge in [-0.1, -0.05) is 65.8 Å². The van der Waals surface area contributed by atoms with Crippen molar-refractivity contribution in [1.29, 1.82) is 0 Å². The lowest BCUT2D eigenvalue weighted by Crippen LogP contribution is -2.49. The molecule has 8 heteroatoms. The number of likely N-dealkylation sites (tertiary alicyclic amines) is 1. The SMILES string of the molecule is CN(C)C(=O)C1(C=O)CCN(Cc2ccc(-c3noc(-c4ccc(-c5ccccc5)c(F)c4)n3)cc2)CC1. The summed E-state index contributed by atoms with van der Waals surface area (Å²) in [6.07, 6.45) is 1.86. The second-order valence-corrected chi connectivity index (χ2v) is 9.93. The van der Waals surface area contributed by atoms with E-state index in [0.29, 0.717) is 42.9 Å². The van der Waals surface area contributed by atoms with Crippen molar-refractivity contribution in [2.45, 2.75) is 19.4 Å². The summed E-state index contributed by atoms with van der Waals surface area (Å²) in [6.45, 7) is 2.07. The molecule has 0 radical (unpaired) electrons. The Morgan fingerprint density at radius 2 is 1.68 bits per heavy atom. The highest BCUT2D eigenvalue weighted by Crippen LogP contribution is 2.32. The van der Waals surface area contributed by atoms with Crippen LogP contribution in [0.3, 0.4) is 0 Å². The quantitative estimate of drug-likeness (QED) is 0.254. The van der Waals surface area contributed by atoms with Gasteiger partial charge < -0.3 is 14.2 Å². The van der Waals surface area contributed by atoms with E-state index in [-0.39, 0.29) is 17.6 Å². The van der Waals surface area contributed by atoms with Crippen LogP contribution in [0, 0.1) is 11.2 Å². The van der Waals surface area contributed by atoms with Crippen LogP contribution in [0.5, 0.6) is 0 Å². The van der Waals surface area contributed by atoms with Gasteiger partial charge in [0.1, 0.15) is 17.5 Å². The Balaban J connectivity index is 1.23. The number of nitrogens with zero attached hydrogens (tertiary/aromatic N) is 4. The standard InChI is InChI=1S/C30H29FN4O3/c1-34(2)29(37)30(20-36)14-16-35(17-15-30)19-21-8-10-23(11-9-21)27-32-28(38-33-27)24-12-13-25(26(31)18-24)22-6-4-3-5-7-22/h3-13,18,20H,14-17,19H2,1-2H3. The predicted octanol–water partition coefficient (Wildman–Crippen LogP) is 5.08. The molecule has 1 amide bonds. The first-order valence-electron chi connectivity index (χ1n) is 12.6. The first-order chi connectivity index (χ1) is 18.4. The van der Waals surface area contributed by atoms with Gasteiger partial charge in [-0.15, -0.1) is 0 Å². The predicted molar refractivity (Wildman–Crippen MR) is 142 cm³/mol. The minimum absolute atomic E-state index is 0.120. The summed E-state index contributed by atoms with van der Waals surface area (Å²) >= 11 is 0. The highest BCUT2D eigenvalue weighted by atomic mass is 19.1. The zero-order valence-electron chi connectivity index (χ0n) is 21.4. The average Bonchev–Trinajstić information content (AvgIpc) is 3.44. The highest BCUT2D eigenvalue weighted by molar-refractivity contribution is 5.96. The Bertz CT molecular complexity index is 1430. The van der Waals surface area contributed by atoms with Crippen LogP contribution < -0.4 is 0 Å². The van der Waals surface area contributed by atoms with Gasteiger partial charge in [0.15, 0.2) is 0 Å². The molecule has 1 fully saturated rings. The number of carbonyl (C=O) groups excluding carboxylic acids is 2. The van der Waals surface area contributed by atoms with E-state index in [2.05, 4.69) is 15.0 Å². The Morgan fingerprint density at radius 3 is 2.32 bits per heavy atom. The molecule has 0 N–H and O–H groups in total. The number of rotatable bonds is 7. The van der Waals surface area contributed by atoms with Gasteiger partial charge >= 0.3 is 0 Å². The Morgan fingerprint density at radius 1 is 1.00 bits per heavy atom. The molecular weight excluding hydrogens is 483 g/mol. The molecule has 194 valence electrons. The fraction of sp³-hybridized carbons (Fsp3) is 0.267. The third-order valence-corrected chi connectivity index (χ3v) is 7.15. The molecule has 1 aliphatic heterocycles. The zero-order chi connectivity index (χ0) is 26.7. The van der Waals surface area contributed by atoms with Crippen molar-refractivity contribution in [2.75, 3.05) is 27.2 Å². The highest BCUT2D eigenvalue weighted by Gasteiger charge is 2.42. The van der Waals surface area contributed by atoms with Crippen LogP contribution in [0.15, 0.2) is 77.3 Å². The number of carbonyl (C=O) groups is 2. The smallest absolute Gasteiger partial charge is 0.258 e.